The summed E-state index contributed by atoms with van der Waals surface area (Å²) < 4.78 is 0. The third kappa shape index (κ3) is 3.79. The molecule has 1 heterocycles. The number of urea groups is 1. The van der Waals surface area contributed by atoms with Gasteiger partial charge in [-0.25, -0.2) is 9.78 Å². The number of nitrogens with one attached hydrogen (secondary N) is 3. The summed E-state index contributed by atoms with van der Waals surface area (Å²) >= 11 is 0. The lowest BCUT2D eigenvalue weighted by Gasteiger charge is -2.09. The smallest absolute Gasteiger partial charge is 0.312 e. The molecule has 150 valence electrons. The number of rotatable bonds is 5. The monoisotopic (exact) mass is 400 g/mol. The predicted octanol–water partition coefficient (Wildman–Crippen LogP) is 3.05. The van der Waals surface area contributed by atoms with Crippen LogP contribution in [0.4, 0.5) is 4.79 Å². The molecule has 0 unspecified atom stereocenters. The van der Waals surface area contributed by atoms with Gasteiger partial charge in [0.2, 0.25) is 0 Å². The highest BCUT2D eigenvalue weighted by Gasteiger charge is 2.11. The number of amides is 2. The van der Waals surface area contributed by atoms with Crippen molar-refractivity contribution in [3.05, 3.63) is 71.8 Å². The van der Waals surface area contributed by atoms with Gasteiger partial charge in [-0.2, -0.15) is 0 Å². The highest BCUT2D eigenvalue weighted by atomic mass is 16.3. The largest absolute Gasteiger partial charge is 0.507 e. The number of primary amides is 1. The fourth-order valence-corrected chi connectivity index (χ4v) is 3.26. The summed E-state index contributed by atoms with van der Waals surface area (Å²) in [7, 11) is 0. The third-order valence-electron chi connectivity index (χ3n) is 4.77. The van der Waals surface area contributed by atoms with E-state index in [2.05, 4.69) is 15.3 Å². The number of nitrogens with two attached hydrogens (primary N) is 2. The van der Waals surface area contributed by atoms with Crippen LogP contribution in [0.25, 0.3) is 33.5 Å². The minimum Gasteiger partial charge on any atom is -0.507 e. The van der Waals surface area contributed by atoms with E-state index in [4.69, 9.17) is 16.9 Å². The van der Waals surface area contributed by atoms with Crippen LogP contribution in [0.15, 0.2) is 60.7 Å². The maximum atomic E-state index is 11.0. The Balaban J connectivity index is 1.71. The number of imidazole rings is 1. The Morgan fingerprint density at radius 1 is 1.07 bits per heavy atom. The Morgan fingerprint density at radius 3 is 2.63 bits per heavy atom. The van der Waals surface area contributed by atoms with Gasteiger partial charge in [0.1, 0.15) is 17.4 Å². The van der Waals surface area contributed by atoms with Gasteiger partial charge in [-0.15, -0.1) is 0 Å². The Morgan fingerprint density at radius 2 is 1.87 bits per heavy atom. The summed E-state index contributed by atoms with van der Waals surface area (Å²) in [6.07, 6.45) is 0. The van der Waals surface area contributed by atoms with Gasteiger partial charge in [0.25, 0.3) is 0 Å². The number of hydrogen-bond donors (Lipinski definition) is 6. The standard InChI is InChI=1S/C22H20N6O2/c23-20(24)14-5-6-17-18(10-14)28-21(27-17)15-3-1-2-13(9-15)16-8-12(4-7-19(16)29)11-26-22(25)30/h1-10,29H,11H2,(H3,23,24)(H,27,28)(H3,25,26,30). The van der Waals surface area contributed by atoms with E-state index in [1.54, 1.807) is 24.3 Å². The van der Waals surface area contributed by atoms with Gasteiger partial charge in [-0.05, 0) is 47.5 Å². The number of fused-ring (bicyclic) bond motifs is 1. The van der Waals surface area contributed by atoms with Crippen molar-refractivity contribution in [2.45, 2.75) is 6.54 Å². The molecule has 4 rings (SSSR count). The lowest BCUT2D eigenvalue weighted by molar-refractivity contribution is 0.248. The number of aromatic amines is 1. The topological polar surface area (TPSA) is 154 Å². The van der Waals surface area contributed by atoms with Crippen LogP contribution in [-0.4, -0.2) is 26.9 Å². The van der Waals surface area contributed by atoms with E-state index in [9.17, 15) is 9.90 Å². The van der Waals surface area contributed by atoms with Crippen LogP contribution >= 0.6 is 0 Å². The van der Waals surface area contributed by atoms with Gasteiger partial charge in [0.05, 0.1) is 11.0 Å². The summed E-state index contributed by atoms with van der Waals surface area (Å²) in [5.41, 5.74) is 16.0. The van der Waals surface area contributed by atoms with E-state index in [0.29, 0.717) is 17.0 Å². The summed E-state index contributed by atoms with van der Waals surface area (Å²) in [5.74, 6) is 0.792. The number of aromatic nitrogens is 2. The molecule has 0 aliphatic rings. The molecule has 0 spiro atoms. The first-order chi connectivity index (χ1) is 14.4. The van der Waals surface area contributed by atoms with Crippen LogP contribution in [-0.2, 0) is 6.54 Å². The van der Waals surface area contributed by atoms with Crippen molar-refractivity contribution in [1.82, 2.24) is 15.3 Å². The van der Waals surface area contributed by atoms with Crippen LogP contribution in [0.3, 0.4) is 0 Å². The van der Waals surface area contributed by atoms with Gasteiger partial charge < -0.3 is 26.9 Å². The van der Waals surface area contributed by atoms with Crippen molar-refractivity contribution < 1.29 is 9.90 Å². The molecule has 0 aliphatic heterocycles. The van der Waals surface area contributed by atoms with Crippen molar-refractivity contribution in [2.75, 3.05) is 0 Å². The number of amidine groups is 1. The fourth-order valence-electron chi connectivity index (χ4n) is 3.26. The Bertz CT molecular complexity index is 1280. The molecule has 0 bridgehead atoms. The van der Waals surface area contributed by atoms with Crippen LogP contribution in [0.2, 0.25) is 0 Å². The number of H-pyrrole nitrogens is 1. The second-order valence-corrected chi connectivity index (χ2v) is 6.88. The zero-order valence-electron chi connectivity index (χ0n) is 15.9. The Kier molecular flexibility index (Phi) is 4.81. The van der Waals surface area contributed by atoms with E-state index in [0.717, 1.165) is 27.7 Å². The molecule has 0 saturated carbocycles. The lowest BCUT2D eigenvalue weighted by Crippen LogP contribution is -2.28. The molecule has 1 aromatic heterocycles. The number of nitrogens with zero attached hydrogens (tertiary/aromatic N) is 1. The molecule has 8 nitrogen and oxygen atoms in total. The first-order valence-electron chi connectivity index (χ1n) is 9.21. The SMILES string of the molecule is N=C(N)c1ccc2nc(-c3cccc(-c4cc(CNC(N)=O)ccc4O)c3)[nH]c2c1. The molecule has 8 N–H and O–H groups in total. The van der Waals surface area contributed by atoms with E-state index in [1.807, 2.05) is 36.4 Å². The molecule has 0 atom stereocenters. The second kappa shape index (κ2) is 7.59. The average Bonchev–Trinajstić information content (AvgIpc) is 3.16. The lowest BCUT2D eigenvalue weighted by atomic mass is 9.99. The van der Waals surface area contributed by atoms with Crippen LogP contribution < -0.4 is 16.8 Å². The maximum Gasteiger partial charge on any atom is 0.312 e. The molecule has 0 radical (unpaired) electrons. The van der Waals surface area contributed by atoms with E-state index in [-0.39, 0.29) is 18.1 Å². The van der Waals surface area contributed by atoms with Gasteiger partial charge in [0, 0.05) is 23.2 Å². The zero-order chi connectivity index (χ0) is 21.3. The van der Waals surface area contributed by atoms with E-state index < -0.39 is 6.03 Å². The van der Waals surface area contributed by atoms with E-state index >= 15 is 0 Å². The average molecular weight is 400 g/mol. The highest BCUT2D eigenvalue weighted by molar-refractivity contribution is 5.98. The summed E-state index contributed by atoms with van der Waals surface area (Å²) in [5, 5.41) is 20.5. The minimum absolute atomic E-state index is 0.00349. The third-order valence-corrected chi connectivity index (χ3v) is 4.77. The van der Waals surface area contributed by atoms with Crippen LogP contribution in [0, 0.1) is 5.41 Å². The van der Waals surface area contributed by atoms with Gasteiger partial charge in [-0.1, -0.05) is 24.3 Å². The number of hydrogen-bond acceptors (Lipinski definition) is 4. The number of benzene rings is 3. The fraction of sp³-hybridized carbons (Fsp3) is 0.0455. The quantitative estimate of drug-likeness (QED) is 0.225. The van der Waals surface area contributed by atoms with Crippen molar-refractivity contribution >= 4 is 22.9 Å². The number of aromatic hydroxyl groups is 1. The zero-order valence-corrected chi connectivity index (χ0v) is 15.9. The van der Waals surface area contributed by atoms with E-state index in [1.165, 1.54) is 0 Å². The molecule has 3 aromatic carbocycles. The first kappa shape index (κ1) is 19.0. The molecule has 8 heteroatoms. The number of phenolic OH excluding ortho intramolecular Hbond substituents is 1. The highest BCUT2D eigenvalue weighted by Crippen LogP contribution is 2.32. The predicted molar refractivity (Wildman–Crippen MR) is 116 cm³/mol. The molecule has 0 saturated heterocycles. The summed E-state index contributed by atoms with van der Waals surface area (Å²) in [6, 6.07) is 17.5. The number of carbonyl (C=O) groups excluding carboxylic acids is 1. The summed E-state index contributed by atoms with van der Waals surface area (Å²) in [4.78, 5) is 18.8. The molecule has 0 fully saturated rings. The molecule has 30 heavy (non-hydrogen) atoms. The van der Waals surface area contributed by atoms with Crippen molar-refractivity contribution in [3.8, 4) is 28.3 Å². The Hall–Kier alpha value is -4.33. The molecular weight excluding hydrogens is 380 g/mol. The summed E-state index contributed by atoms with van der Waals surface area (Å²) in [6.45, 7) is 0.268. The number of nitrogen functional groups attached to an aromatic ring is 1. The second-order valence-electron chi connectivity index (χ2n) is 6.88. The van der Waals surface area contributed by atoms with Gasteiger partial charge in [0.15, 0.2) is 0 Å². The van der Waals surface area contributed by atoms with Crippen molar-refractivity contribution in [3.63, 3.8) is 0 Å². The van der Waals surface area contributed by atoms with Crippen LogP contribution in [0.1, 0.15) is 11.1 Å². The first-order valence-corrected chi connectivity index (χ1v) is 9.21. The molecule has 4 aromatic rings. The van der Waals surface area contributed by atoms with Gasteiger partial charge in [-0.3, -0.25) is 5.41 Å². The van der Waals surface area contributed by atoms with Crippen molar-refractivity contribution in [1.29, 1.82) is 5.41 Å². The molecule has 0 aliphatic carbocycles. The Labute approximate surface area is 172 Å². The molecule has 2 amide bonds. The number of phenols is 1. The maximum absolute atomic E-state index is 11.0. The normalized spacial score (nSPS) is 10.8. The van der Waals surface area contributed by atoms with Crippen LogP contribution in [0.5, 0.6) is 5.75 Å². The minimum atomic E-state index is -0.607. The van der Waals surface area contributed by atoms with Gasteiger partial charge >= 0.3 is 6.03 Å². The molecular formula is C22H20N6O2. The van der Waals surface area contributed by atoms with Crippen molar-refractivity contribution in [2.24, 2.45) is 11.5 Å². The number of carbonyl (C=O) groups is 1.